The quantitative estimate of drug-likeness (QED) is 0.631. The van der Waals surface area contributed by atoms with Gasteiger partial charge in [-0.2, -0.15) is 0 Å². The molecule has 0 spiro atoms. The van der Waals surface area contributed by atoms with Gasteiger partial charge in [0.2, 0.25) is 0 Å². The van der Waals surface area contributed by atoms with Crippen molar-refractivity contribution < 1.29 is 0 Å². The Morgan fingerprint density at radius 3 is 2.57 bits per heavy atom. The number of hydrogen-bond acceptors (Lipinski definition) is 2. The van der Waals surface area contributed by atoms with E-state index in [1.165, 1.54) is 62.5 Å². The smallest absolute Gasteiger partial charge is 0.0471 e. The van der Waals surface area contributed by atoms with Crippen molar-refractivity contribution in [1.82, 2.24) is 15.2 Å². The van der Waals surface area contributed by atoms with Crippen molar-refractivity contribution in [2.75, 3.05) is 26.7 Å². The van der Waals surface area contributed by atoms with E-state index in [9.17, 15) is 0 Å². The molecule has 1 saturated heterocycles. The number of rotatable bonds is 2. The Labute approximate surface area is 167 Å². The average Bonchev–Trinajstić information content (AvgIpc) is 3.08. The highest BCUT2D eigenvalue weighted by Crippen LogP contribution is 2.35. The van der Waals surface area contributed by atoms with Gasteiger partial charge in [-0.3, -0.25) is 0 Å². The predicted octanol–water partition coefficient (Wildman–Crippen LogP) is 5.41. The number of aromatic nitrogens is 1. The summed E-state index contributed by atoms with van der Waals surface area (Å²) in [5.74, 6) is 0.688. The van der Waals surface area contributed by atoms with Gasteiger partial charge < -0.3 is 15.2 Å². The molecule has 0 bridgehead atoms. The number of fused-ring (bicyclic) bond motifs is 3. The maximum Gasteiger partial charge on any atom is 0.0471 e. The lowest BCUT2D eigenvalue weighted by Gasteiger charge is -2.25. The molecule has 144 valence electrons. The van der Waals surface area contributed by atoms with Gasteiger partial charge in [-0.1, -0.05) is 23.8 Å². The number of piperidine rings is 1. The van der Waals surface area contributed by atoms with Gasteiger partial charge in [-0.25, -0.2) is 0 Å². The van der Waals surface area contributed by atoms with Crippen LogP contribution in [0.1, 0.15) is 43.7 Å². The van der Waals surface area contributed by atoms with Crippen LogP contribution in [0, 0.1) is 0 Å². The second-order valence-electron chi connectivity index (χ2n) is 8.58. The Hall–Kier alpha value is -2.52. The summed E-state index contributed by atoms with van der Waals surface area (Å²) in [5, 5.41) is 6.16. The number of nitrogens with one attached hydrogen (secondary N) is 2. The van der Waals surface area contributed by atoms with Gasteiger partial charge in [0.25, 0.3) is 0 Å². The number of H-pyrrole nitrogens is 1. The number of likely N-dealkylation sites (N-methyl/N-ethyl adjacent to an activating group) is 1. The summed E-state index contributed by atoms with van der Waals surface area (Å²) in [7, 11) is 2.15. The van der Waals surface area contributed by atoms with Crippen molar-refractivity contribution in [3.63, 3.8) is 0 Å². The van der Waals surface area contributed by atoms with Crippen LogP contribution in [0.2, 0.25) is 0 Å². The molecule has 0 saturated carbocycles. The number of aromatic amines is 1. The van der Waals surface area contributed by atoms with E-state index < -0.39 is 0 Å². The molecule has 0 amide bonds. The first-order valence-electron chi connectivity index (χ1n) is 10.5. The molecule has 3 nitrogen and oxygen atoms in total. The number of allylic oxidation sites excluding steroid dienone is 2. The molecule has 28 heavy (non-hydrogen) atoms. The monoisotopic (exact) mass is 371 g/mol. The van der Waals surface area contributed by atoms with Gasteiger partial charge in [0.15, 0.2) is 0 Å². The summed E-state index contributed by atoms with van der Waals surface area (Å²) in [6, 6.07) is 13.9. The van der Waals surface area contributed by atoms with E-state index in [0.29, 0.717) is 5.92 Å². The minimum atomic E-state index is 0.688. The van der Waals surface area contributed by atoms with Crippen LogP contribution in [0.3, 0.4) is 0 Å². The normalized spacial score (nSPS) is 19.0. The molecule has 1 aromatic heterocycles. The summed E-state index contributed by atoms with van der Waals surface area (Å²) in [6.07, 6.45) is 4.76. The van der Waals surface area contributed by atoms with Crippen LogP contribution in [0.4, 0.5) is 0 Å². The molecule has 3 heterocycles. The van der Waals surface area contributed by atoms with Crippen LogP contribution in [-0.2, 0) is 0 Å². The SMILES string of the molecule is CC1=C(C)C(c2ccc3c(c2)[nH]c2ccc(C4CCNCC4)cc23)=CN(C)C1. The Kier molecular flexibility index (Phi) is 4.28. The fraction of sp³-hybridized carbons (Fsp3) is 0.360. The zero-order valence-corrected chi connectivity index (χ0v) is 17.1. The molecule has 5 rings (SSSR count). The van der Waals surface area contributed by atoms with E-state index in [1.807, 2.05) is 0 Å². The van der Waals surface area contributed by atoms with Crippen molar-refractivity contribution in [2.24, 2.45) is 0 Å². The predicted molar refractivity (Wildman–Crippen MR) is 120 cm³/mol. The molecule has 1 fully saturated rings. The third-order valence-electron chi connectivity index (χ3n) is 6.62. The molecule has 0 atom stereocenters. The van der Waals surface area contributed by atoms with Crippen molar-refractivity contribution >= 4 is 27.4 Å². The van der Waals surface area contributed by atoms with E-state index in [4.69, 9.17) is 0 Å². The molecule has 0 unspecified atom stereocenters. The first kappa shape index (κ1) is 17.6. The van der Waals surface area contributed by atoms with Crippen molar-refractivity contribution in [1.29, 1.82) is 0 Å². The van der Waals surface area contributed by atoms with Crippen LogP contribution in [0.5, 0.6) is 0 Å². The molecule has 3 aromatic rings. The summed E-state index contributed by atoms with van der Waals surface area (Å²) >= 11 is 0. The minimum Gasteiger partial charge on any atom is -0.376 e. The summed E-state index contributed by atoms with van der Waals surface area (Å²) < 4.78 is 0. The molecule has 2 aromatic carbocycles. The topological polar surface area (TPSA) is 31.1 Å². The standard InChI is InChI=1S/C25H29N3/c1-16-14-28(3)15-23(17(16)2)20-4-6-21-22-12-19(18-8-10-26-11-9-18)5-7-24(22)27-25(21)13-20/h4-7,12-13,15,18,26-27H,8-11,14H2,1-3H3. The van der Waals surface area contributed by atoms with Crippen LogP contribution in [0.15, 0.2) is 53.7 Å². The summed E-state index contributed by atoms with van der Waals surface area (Å²) in [4.78, 5) is 5.93. The van der Waals surface area contributed by atoms with Gasteiger partial charge in [-0.15, -0.1) is 0 Å². The Balaban J connectivity index is 1.58. The molecule has 0 aliphatic carbocycles. The van der Waals surface area contributed by atoms with Gasteiger partial charge in [-0.05, 0) is 80.6 Å². The highest BCUT2D eigenvalue weighted by molar-refractivity contribution is 6.08. The van der Waals surface area contributed by atoms with Gasteiger partial charge in [0.1, 0.15) is 0 Å². The van der Waals surface area contributed by atoms with Crippen LogP contribution >= 0.6 is 0 Å². The molecular weight excluding hydrogens is 342 g/mol. The van der Waals surface area contributed by atoms with Crippen LogP contribution < -0.4 is 5.32 Å². The van der Waals surface area contributed by atoms with Crippen molar-refractivity contribution in [3.05, 3.63) is 64.9 Å². The Bertz CT molecular complexity index is 1110. The molecule has 0 radical (unpaired) electrons. The van der Waals surface area contributed by atoms with Gasteiger partial charge in [0, 0.05) is 47.2 Å². The second-order valence-corrected chi connectivity index (χ2v) is 8.58. The van der Waals surface area contributed by atoms with Gasteiger partial charge >= 0.3 is 0 Å². The van der Waals surface area contributed by atoms with E-state index >= 15 is 0 Å². The summed E-state index contributed by atoms with van der Waals surface area (Å²) in [6.45, 7) is 7.77. The molecule has 3 heteroatoms. The lowest BCUT2D eigenvalue weighted by Crippen LogP contribution is -2.26. The van der Waals surface area contributed by atoms with Crippen molar-refractivity contribution in [3.8, 4) is 0 Å². The highest BCUT2D eigenvalue weighted by Gasteiger charge is 2.18. The maximum absolute atomic E-state index is 3.66. The fourth-order valence-corrected chi connectivity index (χ4v) is 4.87. The third-order valence-corrected chi connectivity index (χ3v) is 6.62. The highest BCUT2D eigenvalue weighted by atomic mass is 15.1. The number of hydrogen-bond donors (Lipinski definition) is 2. The zero-order valence-electron chi connectivity index (χ0n) is 17.1. The molecular formula is C25H29N3. The molecule has 2 aliphatic heterocycles. The van der Waals surface area contributed by atoms with Crippen LogP contribution in [0.25, 0.3) is 27.4 Å². The maximum atomic E-state index is 3.66. The average molecular weight is 372 g/mol. The Morgan fingerprint density at radius 2 is 1.75 bits per heavy atom. The first-order valence-corrected chi connectivity index (χ1v) is 10.5. The molecule has 2 aliphatic rings. The van der Waals surface area contributed by atoms with E-state index in [2.05, 4.69) is 78.7 Å². The largest absolute Gasteiger partial charge is 0.376 e. The minimum absolute atomic E-state index is 0.688. The van der Waals surface area contributed by atoms with E-state index in [1.54, 1.807) is 0 Å². The Morgan fingerprint density at radius 1 is 0.929 bits per heavy atom. The third kappa shape index (κ3) is 2.94. The van der Waals surface area contributed by atoms with Crippen molar-refractivity contribution in [2.45, 2.75) is 32.6 Å². The van der Waals surface area contributed by atoms with E-state index in [-0.39, 0.29) is 0 Å². The number of benzene rings is 2. The fourth-order valence-electron chi connectivity index (χ4n) is 4.87. The lowest BCUT2D eigenvalue weighted by atomic mass is 9.89. The number of nitrogens with zero attached hydrogens (tertiary/aromatic N) is 1. The lowest BCUT2D eigenvalue weighted by molar-refractivity contribution is 0.460. The summed E-state index contributed by atoms with van der Waals surface area (Å²) in [5.41, 5.74) is 9.44. The zero-order chi connectivity index (χ0) is 19.3. The van der Waals surface area contributed by atoms with Gasteiger partial charge in [0.05, 0.1) is 0 Å². The second kappa shape index (κ2) is 6.82. The van der Waals surface area contributed by atoms with Crippen LogP contribution in [-0.4, -0.2) is 36.6 Å². The first-order chi connectivity index (χ1) is 13.6. The molecule has 2 N–H and O–H groups in total. The van der Waals surface area contributed by atoms with E-state index in [0.717, 1.165) is 19.6 Å².